The van der Waals surface area contributed by atoms with Crippen LogP contribution in [0.4, 0.5) is 0 Å². The predicted molar refractivity (Wildman–Crippen MR) is 96.1 cm³/mol. The van der Waals surface area contributed by atoms with Gasteiger partial charge < -0.3 is 4.74 Å². The third-order valence-electron chi connectivity index (χ3n) is 3.94. The molecule has 2 heterocycles. The monoisotopic (exact) mass is 369 g/mol. The van der Waals surface area contributed by atoms with E-state index in [-0.39, 0.29) is 18.7 Å². The van der Waals surface area contributed by atoms with E-state index in [0.29, 0.717) is 12.2 Å². The van der Waals surface area contributed by atoms with E-state index in [0.717, 1.165) is 15.7 Å². The molecule has 0 saturated carbocycles. The summed E-state index contributed by atoms with van der Waals surface area (Å²) in [7, 11) is 0. The molecule has 0 unspecified atom stereocenters. The van der Waals surface area contributed by atoms with E-state index in [1.165, 1.54) is 11.0 Å². The lowest BCUT2D eigenvalue weighted by atomic mass is 10.1. The van der Waals surface area contributed by atoms with Gasteiger partial charge in [-0.25, -0.2) is 9.67 Å². The highest BCUT2D eigenvalue weighted by Gasteiger charge is 2.16. The molecule has 0 bridgehead atoms. The van der Waals surface area contributed by atoms with Crippen molar-refractivity contribution in [2.45, 2.75) is 33.4 Å². The number of nitrogens with zero attached hydrogens (tertiary/aromatic N) is 5. The van der Waals surface area contributed by atoms with Crippen molar-refractivity contribution in [1.82, 2.24) is 24.5 Å². The van der Waals surface area contributed by atoms with E-state index in [1.54, 1.807) is 6.92 Å². The lowest BCUT2D eigenvalue weighted by Gasteiger charge is -2.05. The molecule has 0 aliphatic rings. The number of carbonyl (C=O) groups is 2. The van der Waals surface area contributed by atoms with E-state index < -0.39 is 23.7 Å². The smallest absolute Gasteiger partial charge is 0.313 e. The summed E-state index contributed by atoms with van der Waals surface area (Å²) in [5.41, 5.74) is 2.09. The summed E-state index contributed by atoms with van der Waals surface area (Å²) in [6.07, 6.45) is 0.876. The minimum Gasteiger partial charge on any atom is -0.466 e. The molecular weight excluding hydrogens is 350 g/mol. The molecule has 0 radical (unpaired) electrons. The summed E-state index contributed by atoms with van der Waals surface area (Å²) in [5, 5.41) is 7.90. The first kappa shape index (κ1) is 18.4. The zero-order valence-corrected chi connectivity index (χ0v) is 15.1. The number of fused-ring (bicyclic) bond motifs is 1. The minimum absolute atomic E-state index is 0.0774. The van der Waals surface area contributed by atoms with E-state index >= 15 is 0 Å². The highest BCUT2D eigenvalue weighted by atomic mass is 16.5. The second-order valence-electron chi connectivity index (χ2n) is 6.10. The van der Waals surface area contributed by atoms with Gasteiger partial charge in [-0.05, 0) is 19.4 Å². The quantitative estimate of drug-likeness (QED) is 0.449. The molecule has 0 aliphatic carbocycles. The zero-order valence-electron chi connectivity index (χ0n) is 15.1. The molecule has 0 amide bonds. The van der Waals surface area contributed by atoms with Crippen molar-refractivity contribution in [2.75, 3.05) is 6.61 Å². The van der Waals surface area contributed by atoms with Gasteiger partial charge in [-0.3, -0.25) is 19.0 Å². The highest BCUT2D eigenvalue weighted by molar-refractivity contribution is 5.95. The number of Topliss-reactive ketones (excluding diaryl/α,β-unsaturated/α-hetero) is 1. The van der Waals surface area contributed by atoms with Crippen molar-refractivity contribution in [3.05, 3.63) is 52.1 Å². The Hall–Kier alpha value is -3.36. The van der Waals surface area contributed by atoms with E-state index in [9.17, 15) is 14.4 Å². The van der Waals surface area contributed by atoms with Gasteiger partial charge >= 0.3 is 5.97 Å². The van der Waals surface area contributed by atoms with Crippen LogP contribution in [0, 0.1) is 6.92 Å². The molecule has 0 atom stereocenters. The van der Waals surface area contributed by atoms with Gasteiger partial charge in [-0.1, -0.05) is 35.0 Å². The van der Waals surface area contributed by atoms with E-state index in [1.807, 2.05) is 31.2 Å². The number of aryl methyl sites for hydroxylation is 1. The Balaban J connectivity index is 1.80. The fraction of sp³-hybridized carbons (Fsp3) is 0.333. The number of hydrogen-bond donors (Lipinski definition) is 0. The predicted octanol–water partition coefficient (Wildman–Crippen LogP) is 0.867. The molecule has 0 spiro atoms. The average molecular weight is 369 g/mol. The van der Waals surface area contributed by atoms with Gasteiger partial charge in [-0.2, -0.15) is 0 Å². The molecule has 140 valence electrons. The number of rotatable bonds is 7. The maximum atomic E-state index is 12.5. The first-order valence-corrected chi connectivity index (χ1v) is 8.49. The van der Waals surface area contributed by atoms with Crippen LogP contribution in [0.2, 0.25) is 0 Å². The minimum atomic E-state index is -0.617. The molecule has 2 aromatic heterocycles. The Bertz CT molecular complexity index is 1040. The zero-order chi connectivity index (χ0) is 19.4. The summed E-state index contributed by atoms with van der Waals surface area (Å²) < 4.78 is 7.38. The van der Waals surface area contributed by atoms with Crippen molar-refractivity contribution < 1.29 is 14.3 Å². The lowest BCUT2D eigenvalue weighted by molar-refractivity contribution is -0.145. The van der Waals surface area contributed by atoms with Gasteiger partial charge in [0.2, 0.25) is 0 Å². The average Bonchev–Trinajstić information content (AvgIpc) is 3.03. The lowest BCUT2D eigenvalue weighted by Crippen LogP contribution is -2.26. The van der Waals surface area contributed by atoms with Crippen molar-refractivity contribution >= 4 is 22.9 Å². The molecule has 0 saturated heterocycles. The van der Waals surface area contributed by atoms with Crippen LogP contribution in [0.25, 0.3) is 11.2 Å². The van der Waals surface area contributed by atoms with Gasteiger partial charge in [0.15, 0.2) is 16.9 Å². The van der Waals surface area contributed by atoms with Gasteiger partial charge in [0.1, 0.15) is 12.7 Å². The third-order valence-corrected chi connectivity index (χ3v) is 3.94. The summed E-state index contributed by atoms with van der Waals surface area (Å²) in [6.45, 7) is 4.01. The SMILES string of the molecule is CCOC(=O)CC(=O)Cn1cnc2c(nnn2Cc2ccc(C)cc2)c1=O. The van der Waals surface area contributed by atoms with Crippen molar-refractivity contribution in [1.29, 1.82) is 0 Å². The first-order valence-electron chi connectivity index (χ1n) is 8.49. The number of benzene rings is 1. The number of ether oxygens (including phenoxy) is 1. The topological polar surface area (TPSA) is 109 Å². The maximum absolute atomic E-state index is 12.5. The number of hydrogen-bond acceptors (Lipinski definition) is 7. The second-order valence-corrected chi connectivity index (χ2v) is 6.10. The highest BCUT2D eigenvalue weighted by Crippen LogP contribution is 2.08. The summed E-state index contributed by atoms with van der Waals surface area (Å²) in [6, 6.07) is 7.92. The fourth-order valence-electron chi connectivity index (χ4n) is 2.59. The van der Waals surface area contributed by atoms with Crippen LogP contribution in [-0.4, -0.2) is 42.9 Å². The first-order chi connectivity index (χ1) is 13.0. The Morgan fingerprint density at radius 2 is 1.93 bits per heavy atom. The molecule has 3 rings (SSSR count). The van der Waals surface area contributed by atoms with E-state index in [4.69, 9.17) is 4.74 Å². The van der Waals surface area contributed by atoms with Crippen LogP contribution < -0.4 is 5.56 Å². The van der Waals surface area contributed by atoms with Gasteiger partial charge in [-0.15, -0.1) is 5.10 Å². The summed E-state index contributed by atoms with van der Waals surface area (Å²) in [5.74, 6) is -1.06. The molecule has 9 nitrogen and oxygen atoms in total. The van der Waals surface area contributed by atoms with Gasteiger partial charge in [0.05, 0.1) is 19.7 Å². The van der Waals surface area contributed by atoms with Crippen LogP contribution >= 0.6 is 0 Å². The molecule has 0 N–H and O–H groups in total. The number of carbonyl (C=O) groups excluding carboxylic acids is 2. The standard InChI is InChI=1S/C18H19N5O4/c1-3-27-15(25)8-14(24)10-22-11-19-17-16(18(22)26)20-21-23(17)9-13-6-4-12(2)5-7-13/h4-7,11H,3,8-10H2,1-2H3. The molecule has 3 aromatic rings. The second kappa shape index (κ2) is 7.90. The summed E-state index contributed by atoms with van der Waals surface area (Å²) in [4.78, 5) is 40.0. The van der Waals surface area contributed by atoms with Crippen LogP contribution in [0.3, 0.4) is 0 Å². The molecule has 9 heteroatoms. The normalized spacial score (nSPS) is 10.9. The number of ketones is 1. The molecule has 0 fully saturated rings. The van der Waals surface area contributed by atoms with Crippen LogP contribution in [0.1, 0.15) is 24.5 Å². The Kier molecular flexibility index (Phi) is 5.39. The maximum Gasteiger partial charge on any atom is 0.313 e. The molecular formula is C18H19N5O4. The van der Waals surface area contributed by atoms with Crippen molar-refractivity contribution in [3.63, 3.8) is 0 Å². The van der Waals surface area contributed by atoms with Crippen molar-refractivity contribution in [3.8, 4) is 0 Å². The van der Waals surface area contributed by atoms with Crippen LogP contribution in [0.15, 0.2) is 35.4 Å². The Labute approximate surface area is 154 Å². The number of esters is 1. The largest absolute Gasteiger partial charge is 0.466 e. The summed E-state index contributed by atoms with van der Waals surface area (Å²) >= 11 is 0. The van der Waals surface area contributed by atoms with Crippen molar-refractivity contribution in [2.24, 2.45) is 0 Å². The Morgan fingerprint density at radius 3 is 2.63 bits per heavy atom. The van der Waals surface area contributed by atoms with Gasteiger partial charge in [0.25, 0.3) is 5.56 Å². The van der Waals surface area contributed by atoms with E-state index in [2.05, 4.69) is 15.3 Å². The Morgan fingerprint density at radius 1 is 1.19 bits per heavy atom. The van der Waals surface area contributed by atoms with Crippen LogP contribution in [0.5, 0.6) is 0 Å². The van der Waals surface area contributed by atoms with Crippen LogP contribution in [-0.2, 0) is 27.4 Å². The van der Waals surface area contributed by atoms with Gasteiger partial charge in [0, 0.05) is 0 Å². The molecule has 1 aromatic carbocycles. The third kappa shape index (κ3) is 4.25. The molecule has 0 aliphatic heterocycles. The molecule has 27 heavy (non-hydrogen) atoms. The number of aromatic nitrogens is 5. The fourth-order valence-corrected chi connectivity index (χ4v) is 2.59.